The first-order valence-electron chi connectivity index (χ1n) is 12.7. The maximum absolute atomic E-state index is 15.0. The smallest absolute Gasteiger partial charge is 0.343 e. The number of aliphatic hydroxyl groups excluding tert-OH is 3. The van der Waals surface area contributed by atoms with Gasteiger partial charge in [-0.1, -0.05) is 12.1 Å². The van der Waals surface area contributed by atoms with Gasteiger partial charge in [0, 0.05) is 35.0 Å². The summed E-state index contributed by atoms with van der Waals surface area (Å²) in [5.41, 5.74) is -1.56. The van der Waals surface area contributed by atoms with Gasteiger partial charge < -0.3 is 30.1 Å². The van der Waals surface area contributed by atoms with Crippen LogP contribution in [-0.2, 0) is 29.3 Å². The average molecular weight is 591 g/mol. The molecule has 0 heterocycles. The topological polar surface area (TPSA) is 121 Å². The van der Waals surface area contributed by atoms with Crippen molar-refractivity contribution in [2.75, 3.05) is 19.0 Å². The zero-order valence-corrected chi connectivity index (χ0v) is 23.3. The summed E-state index contributed by atoms with van der Waals surface area (Å²) in [5, 5.41) is 32.9. The Morgan fingerprint density at radius 3 is 2.29 bits per heavy atom. The van der Waals surface area contributed by atoms with Crippen LogP contribution in [0.5, 0.6) is 5.75 Å². The quantitative estimate of drug-likeness (QED) is 0.0565. The van der Waals surface area contributed by atoms with Crippen LogP contribution in [0.2, 0.25) is 0 Å². The van der Waals surface area contributed by atoms with Crippen molar-refractivity contribution in [3.8, 4) is 5.75 Å². The van der Waals surface area contributed by atoms with E-state index in [9.17, 15) is 37.7 Å². The molecule has 0 spiro atoms. The van der Waals surface area contributed by atoms with Crippen LogP contribution in [0.1, 0.15) is 40.3 Å². The minimum Gasteiger partial charge on any atom is -0.506 e. The molecular weight excluding hydrogens is 560 g/mol. The van der Waals surface area contributed by atoms with E-state index in [-0.39, 0.29) is 36.7 Å². The van der Waals surface area contributed by atoms with Gasteiger partial charge in [-0.3, -0.25) is 4.99 Å². The van der Waals surface area contributed by atoms with Crippen molar-refractivity contribution in [3.05, 3.63) is 92.6 Å². The zero-order valence-electron chi connectivity index (χ0n) is 23.3. The molecule has 0 saturated carbocycles. The van der Waals surface area contributed by atoms with Gasteiger partial charge in [0.25, 0.3) is 0 Å². The highest BCUT2D eigenvalue weighted by atomic mass is 19.2. The number of carbonyl (C=O) groups excluding carboxylic acids is 1. The van der Waals surface area contributed by atoms with E-state index < -0.39 is 63.9 Å². The van der Waals surface area contributed by atoms with Crippen LogP contribution >= 0.6 is 0 Å². The molecular formula is C30H30F4N2O6. The molecule has 0 aliphatic heterocycles. The molecule has 8 nitrogen and oxygen atoms in total. The van der Waals surface area contributed by atoms with E-state index >= 15 is 0 Å². The number of halogens is 4. The summed E-state index contributed by atoms with van der Waals surface area (Å²) in [6, 6.07) is 7.25. The Morgan fingerprint density at radius 2 is 1.67 bits per heavy atom. The number of hydrogen-bond donors (Lipinski definition) is 4. The summed E-state index contributed by atoms with van der Waals surface area (Å²) in [6.45, 7) is 2.58. The lowest BCUT2D eigenvalue weighted by atomic mass is 9.99. The highest BCUT2D eigenvalue weighted by molar-refractivity contribution is 6.15. The number of nitrogens with zero attached hydrogens (tertiary/aromatic N) is 1. The highest BCUT2D eigenvalue weighted by Crippen LogP contribution is 2.32. The number of carbonyl (C=O) groups is 1. The number of aliphatic hydroxyl groups is 3. The second kappa shape index (κ2) is 14.0. The number of rotatable bonds is 11. The fourth-order valence-corrected chi connectivity index (χ4v) is 4.07. The molecule has 12 heteroatoms. The number of aliphatic imine (C=N–C) groups is 1. The standard InChI is InChI=1S/C30H30F4N2O6/c1-5-42-30(40)20(29(39)25-15(2)27(33)28(34)16(3)26(25)32)12-36-22-10-23(21(31)9-19(22)14-38)35-11-18-7-6-17(13-37)8-24(18)41-4/h6-10,12,35,37-39H,5,11,13-14H2,1-4H3/b29-20-,36-12?. The van der Waals surface area contributed by atoms with Crippen LogP contribution in [0.15, 0.2) is 40.9 Å². The first kappa shape index (κ1) is 32.1. The molecule has 3 aromatic rings. The number of hydrogen-bond acceptors (Lipinski definition) is 8. The second-order valence-electron chi connectivity index (χ2n) is 9.08. The molecule has 0 bridgehead atoms. The van der Waals surface area contributed by atoms with Gasteiger partial charge in [-0.25, -0.2) is 22.4 Å². The number of benzene rings is 3. The van der Waals surface area contributed by atoms with Crippen LogP contribution in [0.25, 0.3) is 5.76 Å². The zero-order chi connectivity index (χ0) is 31.1. The van der Waals surface area contributed by atoms with Crippen molar-refractivity contribution in [2.45, 2.75) is 40.5 Å². The Hall–Kier alpha value is -4.42. The molecule has 0 unspecified atom stereocenters. The number of methoxy groups -OCH3 is 1. The summed E-state index contributed by atoms with van der Waals surface area (Å²) in [5.74, 6) is -6.62. The molecule has 0 amide bonds. The van der Waals surface area contributed by atoms with E-state index in [0.717, 1.165) is 26.1 Å². The molecule has 0 radical (unpaired) electrons. The summed E-state index contributed by atoms with van der Waals surface area (Å²) in [7, 11) is 1.45. The first-order valence-corrected chi connectivity index (χ1v) is 12.7. The third kappa shape index (κ3) is 6.72. The molecule has 0 aliphatic rings. The van der Waals surface area contributed by atoms with E-state index in [1.165, 1.54) is 20.1 Å². The molecule has 3 aromatic carbocycles. The van der Waals surface area contributed by atoms with Gasteiger partial charge in [0.05, 0.1) is 43.9 Å². The minimum atomic E-state index is -1.44. The summed E-state index contributed by atoms with van der Waals surface area (Å²) in [4.78, 5) is 16.8. The van der Waals surface area contributed by atoms with Crippen molar-refractivity contribution in [1.82, 2.24) is 0 Å². The van der Waals surface area contributed by atoms with E-state index in [1.807, 2.05) is 0 Å². The van der Waals surface area contributed by atoms with Crippen molar-refractivity contribution >= 4 is 29.3 Å². The molecule has 0 atom stereocenters. The maximum atomic E-state index is 15.0. The van der Waals surface area contributed by atoms with E-state index in [1.54, 1.807) is 18.2 Å². The van der Waals surface area contributed by atoms with Gasteiger partial charge in [0.1, 0.15) is 28.7 Å². The molecule has 42 heavy (non-hydrogen) atoms. The van der Waals surface area contributed by atoms with E-state index in [2.05, 4.69) is 10.3 Å². The van der Waals surface area contributed by atoms with Gasteiger partial charge in [0.15, 0.2) is 11.6 Å². The SMILES string of the molecule is CCOC(=O)/C(C=Nc1cc(NCc2ccc(CO)cc2OC)c(F)cc1CO)=C(\O)c1c(C)c(F)c(F)c(C)c1F. The Bertz CT molecular complexity index is 1530. The Kier molecular flexibility index (Phi) is 10.7. The van der Waals surface area contributed by atoms with Gasteiger partial charge in [-0.05, 0) is 44.5 Å². The predicted molar refractivity (Wildman–Crippen MR) is 149 cm³/mol. The lowest BCUT2D eigenvalue weighted by Gasteiger charge is -2.15. The largest absolute Gasteiger partial charge is 0.506 e. The molecule has 0 aliphatic carbocycles. The number of nitrogens with one attached hydrogen (secondary N) is 1. The molecule has 4 N–H and O–H groups in total. The Balaban J connectivity index is 2.08. The number of ether oxygens (including phenoxy) is 2. The average Bonchev–Trinajstić information content (AvgIpc) is 2.98. The maximum Gasteiger partial charge on any atom is 0.343 e. The molecule has 224 valence electrons. The number of anilines is 1. The molecule has 3 rings (SSSR count). The minimum absolute atomic E-state index is 0.00732. The third-order valence-electron chi connectivity index (χ3n) is 6.44. The fraction of sp³-hybridized carbons (Fsp3) is 0.267. The van der Waals surface area contributed by atoms with Crippen LogP contribution in [0.3, 0.4) is 0 Å². The van der Waals surface area contributed by atoms with Crippen LogP contribution in [0, 0.1) is 37.1 Å². The summed E-state index contributed by atoms with van der Waals surface area (Å²) >= 11 is 0. The van der Waals surface area contributed by atoms with Gasteiger partial charge in [0.2, 0.25) is 0 Å². The van der Waals surface area contributed by atoms with E-state index in [4.69, 9.17) is 9.47 Å². The van der Waals surface area contributed by atoms with Gasteiger partial charge >= 0.3 is 5.97 Å². The van der Waals surface area contributed by atoms with Crippen molar-refractivity contribution in [2.24, 2.45) is 4.99 Å². The lowest BCUT2D eigenvalue weighted by Crippen LogP contribution is -2.14. The number of esters is 1. The highest BCUT2D eigenvalue weighted by Gasteiger charge is 2.26. The molecule has 0 aromatic heterocycles. The van der Waals surface area contributed by atoms with Gasteiger partial charge in [-0.2, -0.15) is 0 Å². The van der Waals surface area contributed by atoms with Crippen molar-refractivity contribution in [1.29, 1.82) is 0 Å². The third-order valence-corrected chi connectivity index (χ3v) is 6.44. The van der Waals surface area contributed by atoms with Gasteiger partial charge in [-0.15, -0.1) is 0 Å². The predicted octanol–water partition coefficient (Wildman–Crippen LogP) is 5.70. The van der Waals surface area contributed by atoms with Crippen molar-refractivity contribution in [3.63, 3.8) is 0 Å². The first-order chi connectivity index (χ1) is 20.0. The monoisotopic (exact) mass is 590 g/mol. The van der Waals surface area contributed by atoms with Crippen LogP contribution < -0.4 is 10.1 Å². The normalized spacial score (nSPS) is 12.0. The van der Waals surface area contributed by atoms with Crippen LogP contribution in [0.4, 0.5) is 28.9 Å². The molecule has 0 fully saturated rings. The van der Waals surface area contributed by atoms with Crippen LogP contribution in [-0.4, -0.2) is 41.2 Å². The summed E-state index contributed by atoms with van der Waals surface area (Å²) < 4.78 is 68.5. The Labute approximate surface area is 239 Å². The Morgan fingerprint density at radius 1 is 0.976 bits per heavy atom. The summed E-state index contributed by atoms with van der Waals surface area (Å²) in [6.07, 6.45) is 0.801. The lowest BCUT2D eigenvalue weighted by molar-refractivity contribution is -0.137. The van der Waals surface area contributed by atoms with E-state index in [0.29, 0.717) is 16.9 Å². The van der Waals surface area contributed by atoms with Crippen molar-refractivity contribution < 1.29 is 47.1 Å². The molecule has 0 saturated heterocycles. The second-order valence-corrected chi connectivity index (χ2v) is 9.08. The fourth-order valence-electron chi connectivity index (χ4n) is 4.07.